The molecule has 0 aliphatic heterocycles. The third-order valence-corrected chi connectivity index (χ3v) is 0.502. The van der Waals surface area contributed by atoms with Gasteiger partial charge in [0.15, 0.2) is 0 Å². The van der Waals surface area contributed by atoms with Gasteiger partial charge in [0.05, 0.1) is 12.2 Å². The number of rotatable bonds is 2. The van der Waals surface area contributed by atoms with Crippen LogP contribution in [0.5, 0.6) is 0 Å². The summed E-state index contributed by atoms with van der Waals surface area (Å²) in [5.41, 5.74) is 0. The smallest absolute Gasteiger partial charge is 0.212 e. The van der Waals surface area contributed by atoms with Crippen LogP contribution in [0.15, 0.2) is 25.6 Å². The molecule has 10 heavy (non-hydrogen) atoms. The Bertz CT molecular complexity index is 102. The van der Waals surface area contributed by atoms with Crippen LogP contribution in [0.2, 0.25) is 0 Å². The van der Waals surface area contributed by atoms with E-state index in [1.165, 1.54) is 0 Å². The normalized spacial score (nSPS) is 9.60. The maximum atomic E-state index is 11.7. The molecule has 0 aliphatic carbocycles. The van der Waals surface area contributed by atoms with Crippen molar-refractivity contribution >= 4 is 0 Å². The van der Waals surface area contributed by atoms with Crippen molar-refractivity contribution in [2.45, 2.75) is 19.3 Å². The molecule has 60 valence electrons. The summed E-state index contributed by atoms with van der Waals surface area (Å²) in [6.07, 6.45) is -0.868. The summed E-state index contributed by atoms with van der Waals surface area (Å²) < 4.78 is 34.9. The monoisotopic (exact) mass is 152 g/mol. The number of alkyl halides is 2. The summed E-state index contributed by atoms with van der Waals surface area (Å²) in [4.78, 5) is 0. The first kappa shape index (κ1) is 12.0. The molecule has 0 aliphatic rings. The molecule has 0 aromatic heterocycles. The maximum absolute atomic E-state index is 11.7. The standard InChI is InChI=1S/C5H7F3.C2H4/c1-4(6)3-5(2,7)8;1-2/h1,3H2,2H3;1-2H2. The van der Waals surface area contributed by atoms with Gasteiger partial charge in [-0.25, -0.2) is 13.2 Å². The fourth-order valence-electron chi connectivity index (χ4n) is 0.337. The van der Waals surface area contributed by atoms with Gasteiger partial charge in [-0.15, -0.1) is 13.2 Å². The Morgan fingerprint density at radius 1 is 1.40 bits per heavy atom. The molecule has 0 fully saturated rings. The first-order chi connectivity index (χ1) is 4.42. The van der Waals surface area contributed by atoms with Gasteiger partial charge in [0, 0.05) is 0 Å². The van der Waals surface area contributed by atoms with Gasteiger partial charge in [-0.3, -0.25) is 0 Å². The van der Waals surface area contributed by atoms with Crippen LogP contribution in [0.1, 0.15) is 13.3 Å². The predicted octanol–water partition coefficient (Wildman–Crippen LogP) is 3.32. The van der Waals surface area contributed by atoms with Gasteiger partial charge in [0.25, 0.3) is 5.92 Å². The van der Waals surface area contributed by atoms with Crippen LogP contribution >= 0.6 is 0 Å². The lowest BCUT2D eigenvalue weighted by Gasteiger charge is -2.05. The molecule has 3 heteroatoms. The van der Waals surface area contributed by atoms with Gasteiger partial charge in [0.1, 0.15) is 0 Å². The minimum atomic E-state index is -2.95. The SMILES string of the molecule is C=C.C=C(F)CC(C)(F)F. The molecule has 0 saturated heterocycles. The highest BCUT2D eigenvalue weighted by molar-refractivity contribution is 4.84. The minimum Gasteiger partial charge on any atom is -0.212 e. The number of hydrogen-bond donors (Lipinski definition) is 0. The van der Waals surface area contributed by atoms with Crippen LogP contribution in [0, 0.1) is 0 Å². The second-order valence-electron chi connectivity index (χ2n) is 1.76. The van der Waals surface area contributed by atoms with Crippen molar-refractivity contribution in [1.29, 1.82) is 0 Å². The van der Waals surface area contributed by atoms with Crippen LogP contribution in [0.4, 0.5) is 13.2 Å². The van der Waals surface area contributed by atoms with Crippen LogP contribution in [-0.2, 0) is 0 Å². The fourth-order valence-corrected chi connectivity index (χ4v) is 0.337. The topological polar surface area (TPSA) is 0 Å². The number of allylic oxidation sites excluding steroid dienone is 1. The lowest BCUT2D eigenvalue weighted by Crippen LogP contribution is -2.08. The summed E-state index contributed by atoms with van der Waals surface area (Å²) in [6, 6.07) is 0. The minimum absolute atomic E-state index is 0.651. The Labute approximate surface area is 59.1 Å². The average molecular weight is 152 g/mol. The van der Waals surface area contributed by atoms with Gasteiger partial charge < -0.3 is 0 Å². The molecule has 0 saturated carbocycles. The lowest BCUT2D eigenvalue weighted by molar-refractivity contribution is 0.0177. The fraction of sp³-hybridized carbons (Fsp3) is 0.429. The van der Waals surface area contributed by atoms with Crippen LogP contribution in [-0.4, -0.2) is 5.92 Å². The number of hydrogen-bond acceptors (Lipinski definition) is 0. The van der Waals surface area contributed by atoms with Crippen LogP contribution < -0.4 is 0 Å². The van der Waals surface area contributed by atoms with E-state index in [4.69, 9.17) is 0 Å². The predicted molar refractivity (Wildman–Crippen MR) is 36.7 cm³/mol. The third-order valence-electron chi connectivity index (χ3n) is 0.502. The highest BCUT2D eigenvalue weighted by atomic mass is 19.3. The summed E-state index contributed by atoms with van der Waals surface area (Å²) in [5.74, 6) is -3.93. The zero-order chi connectivity index (χ0) is 8.78. The van der Waals surface area contributed by atoms with Gasteiger partial charge in [-0.1, -0.05) is 6.58 Å². The molecule has 0 aromatic carbocycles. The van der Waals surface area contributed by atoms with Crippen molar-refractivity contribution in [2.24, 2.45) is 0 Å². The largest absolute Gasteiger partial charge is 0.251 e. The van der Waals surface area contributed by atoms with Gasteiger partial charge in [-0.2, -0.15) is 0 Å². The summed E-state index contributed by atoms with van der Waals surface area (Å²) in [6.45, 7) is 9.34. The van der Waals surface area contributed by atoms with E-state index in [9.17, 15) is 13.2 Å². The molecular formula is C7H11F3. The highest BCUT2D eigenvalue weighted by Crippen LogP contribution is 2.21. The van der Waals surface area contributed by atoms with Gasteiger partial charge in [-0.05, 0) is 6.92 Å². The number of halogens is 3. The van der Waals surface area contributed by atoms with E-state index in [-0.39, 0.29) is 0 Å². The molecule has 0 atom stereocenters. The Balaban J connectivity index is 0. The molecule has 0 N–H and O–H groups in total. The molecule has 0 heterocycles. The van der Waals surface area contributed by atoms with Crippen molar-refractivity contribution in [2.75, 3.05) is 0 Å². The molecule has 0 unspecified atom stereocenters. The van der Waals surface area contributed by atoms with E-state index in [1.54, 1.807) is 0 Å². The van der Waals surface area contributed by atoms with Crippen molar-refractivity contribution < 1.29 is 13.2 Å². The van der Waals surface area contributed by atoms with Gasteiger partial charge in [0.2, 0.25) is 0 Å². The first-order valence-corrected chi connectivity index (χ1v) is 2.63. The van der Waals surface area contributed by atoms with E-state index in [1.807, 2.05) is 0 Å². The van der Waals surface area contributed by atoms with E-state index < -0.39 is 18.2 Å². The van der Waals surface area contributed by atoms with E-state index in [0.717, 1.165) is 0 Å². The summed E-state index contributed by atoms with van der Waals surface area (Å²) >= 11 is 0. The van der Waals surface area contributed by atoms with Crippen molar-refractivity contribution in [3.05, 3.63) is 25.6 Å². The van der Waals surface area contributed by atoms with Crippen LogP contribution in [0.3, 0.4) is 0 Å². The highest BCUT2D eigenvalue weighted by Gasteiger charge is 2.21. The maximum Gasteiger partial charge on any atom is 0.251 e. The molecule has 0 amide bonds. The third kappa shape index (κ3) is 15.7. The zero-order valence-electron chi connectivity index (χ0n) is 5.96. The molecule has 0 spiro atoms. The molecule has 0 radical (unpaired) electrons. The van der Waals surface area contributed by atoms with E-state index in [2.05, 4.69) is 19.7 Å². The Morgan fingerprint density at radius 2 is 1.70 bits per heavy atom. The van der Waals surface area contributed by atoms with Crippen LogP contribution in [0.25, 0.3) is 0 Å². The van der Waals surface area contributed by atoms with E-state index >= 15 is 0 Å². The Kier molecular flexibility index (Phi) is 6.10. The van der Waals surface area contributed by atoms with Gasteiger partial charge >= 0.3 is 0 Å². The molecule has 0 bridgehead atoms. The average Bonchev–Trinajstić information content (AvgIpc) is 1.64. The summed E-state index contributed by atoms with van der Waals surface area (Å²) in [5, 5.41) is 0. The van der Waals surface area contributed by atoms with Crippen molar-refractivity contribution in [1.82, 2.24) is 0 Å². The van der Waals surface area contributed by atoms with Crippen molar-refractivity contribution in [3.63, 3.8) is 0 Å². The quantitative estimate of drug-likeness (QED) is 0.532. The molecular weight excluding hydrogens is 141 g/mol. The summed E-state index contributed by atoms with van der Waals surface area (Å²) in [7, 11) is 0. The molecule has 0 rings (SSSR count). The zero-order valence-corrected chi connectivity index (χ0v) is 5.96. The van der Waals surface area contributed by atoms with E-state index in [0.29, 0.717) is 6.92 Å². The second-order valence-corrected chi connectivity index (χ2v) is 1.76. The first-order valence-electron chi connectivity index (χ1n) is 2.63. The lowest BCUT2D eigenvalue weighted by atomic mass is 10.2. The second kappa shape index (κ2) is 5.09. The molecule has 0 aromatic rings. The molecule has 0 nitrogen and oxygen atoms in total. The van der Waals surface area contributed by atoms with Crippen molar-refractivity contribution in [3.8, 4) is 0 Å². The Morgan fingerprint density at radius 3 is 1.70 bits per heavy atom. The Hall–Kier alpha value is -0.730.